The van der Waals surface area contributed by atoms with Crippen LogP contribution in [0.4, 0.5) is 0 Å². The topological polar surface area (TPSA) is 75.6 Å². The molecule has 6 heteroatoms. The van der Waals surface area contributed by atoms with E-state index < -0.39 is 0 Å². The number of nitrogens with zero attached hydrogens (tertiary/aromatic N) is 3. The molecular formula is C19H23N5O. The second-order valence-corrected chi connectivity index (χ2v) is 6.62. The number of aryl methyl sites for hydroxylation is 1. The van der Waals surface area contributed by atoms with Crippen LogP contribution in [0.1, 0.15) is 49.2 Å². The second kappa shape index (κ2) is 6.70. The number of amides is 1. The molecule has 2 N–H and O–H groups in total. The Morgan fingerprint density at radius 2 is 2.16 bits per heavy atom. The van der Waals surface area contributed by atoms with Gasteiger partial charge in [0.15, 0.2) is 0 Å². The molecule has 2 heterocycles. The number of fused-ring (bicyclic) bond motifs is 2. The predicted octanol–water partition coefficient (Wildman–Crippen LogP) is 2.91. The minimum Gasteiger partial charge on any atom is -0.349 e. The lowest BCUT2D eigenvalue weighted by Crippen LogP contribution is -2.32. The fraction of sp³-hybridized carbons (Fsp3) is 0.421. The van der Waals surface area contributed by atoms with E-state index in [4.69, 9.17) is 0 Å². The number of carbonyl (C=O) groups excluding carboxylic acids is 1. The Labute approximate surface area is 146 Å². The first-order chi connectivity index (χ1) is 12.3. The van der Waals surface area contributed by atoms with Crippen molar-refractivity contribution in [3.05, 3.63) is 47.5 Å². The zero-order chi connectivity index (χ0) is 17.2. The highest BCUT2D eigenvalue weighted by Crippen LogP contribution is 2.23. The largest absolute Gasteiger partial charge is 0.349 e. The summed E-state index contributed by atoms with van der Waals surface area (Å²) in [5, 5.41) is 10.6. The molecule has 0 bridgehead atoms. The van der Waals surface area contributed by atoms with Crippen molar-refractivity contribution in [2.45, 2.75) is 51.6 Å². The average molecular weight is 337 g/mol. The number of para-hydroxylation sites is 2. The summed E-state index contributed by atoms with van der Waals surface area (Å²) in [7, 11) is 0. The molecule has 3 aromatic rings. The number of hydrogen-bond acceptors (Lipinski definition) is 3. The number of H-pyrrole nitrogens is 1. The second-order valence-electron chi connectivity index (χ2n) is 6.62. The molecule has 1 aromatic carbocycles. The van der Waals surface area contributed by atoms with Gasteiger partial charge in [-0.3, -0.25) is 9.89 Å². The summed E-state index contributed by atoms with van der Waals surface area (Å²) in [6.07, 6.45) is 7.01. The minimum absolute atomic E-state index is 0.0122. The molecule has 0 radical (unpaired) electrons. The molecular weight excluding hydrogens is 314 g/mol. The lowest BCUT2D eigenvalue weighted by molar-refractivity contribution is -0.124. The fourth-order valence-electron chi connectivity index (χ4n) is 3.72. The predicted molar refractivity (Wildman–Crippen MR) is 96.1 cm³/mol. The maximum absolute atomic E-state index is 12.8. The molecule has 0 spiro atoms. The normalized spacial score (nSPS) is 15.1. The van der Waals surface area contributed by atoms with Crippen molar-refractivity contribution in [2.75, 3.05) is 0 Å². The highest BCUT2D eigenvalue weighted by Gasteiger charge is 2.22. The first kappa shape index (κ1) is 15.9. The molecule has 1 aliphatic carbocycles. The Hall–Kier alpha value is -2.63. The van der Waals surface area contributed by atoms with Crippen LogP contribution >= 0.6 is 0 Å². The average Bonchev–Trinajstić information content (AvgIpc) is 3.25. The highest BCUT2D eigenvalue weighted by atomic mass is 16.2. The summed E-state index contributed by atoms with van der Waals surface area (Å²) in [6.45, 7) is 2.50. The third-order valence-electron chi connectivity index (χ3n) is 5.08. The van der Waals surface area contributed by atoms with E-state index in [0.717, 1.165) is 29.6 Å². The Morgan fingerprint density at radius 3 is 3.04 bits per heavy atom. The van der Waals surface area contributed by atoms with Crippen LogP contribution in [0.25, 0.3) is 11.0 Å². The molecule has 4 rings (SSSR count). The van der Waals surface area contributed by atoms with Crippen LogP contribution in [0.3, 0.4) is 0 Å². The molecule has 130 valence electrons. The number of carbonyl (C=O) groups is 1. The van der Waals surface area contributed by atoms with Gasteiger partial charge in [-0.2, -0.15) is 5.10 Å². The SMILES string of the molecule is CCC(C(=O)NCc1n[nH]c2c1CCCC2)n1cnc2ccccc21. The zero-order valence-corrected chi connectivity index (χ0v) is 14.5. The monoisotopic (exact) mass is 337 g/mol. The first-order valence-electron chi connectivity index (χ1n) is 9.02. The number of nitrogens with one attached hydrogen (secondary N) is 2. The smallest absolute Gasteiger partial charge is 0.243 e. The molecule has 0 saturated heterocycles. The van der Waals surface area contributed by atoms with Crippen LogP contribution in [0.2, 0.25) is 0 Å². The molecule has 2 aromatic heterocycles. The molecule has 1 atom stereocenters. The van der Waals surface area contributed by atoms with Crippen molar-refractivity contribution in [3.8, 4) is 0 Å². The summed E-state index contributed by atoms with van der Waals surface area (Å²) in [6, 6.07) is 7.64. The van der Waals surface area contributed by atoms with Crippen molar-refractivity contribution in [1.82, 2.24) is 25.1 Å². The summed E-state index contributed by atoms with van der Waals surface area (Å²) in [5.74, 6) is 0.0122. The Bertz CT molecular complexity index is 894. The quantitative estimate of drug-likeness (QED) is 0.751. The van der Waals surface area contributed by atoms with Gasteiger partial charge in [-0.15, -0.1) is 0 Å². The van der Waals surface area contributed by atoms with E-state index in [9.17, 15) is 4.79 Å². The Balaban J connectivity index is 1.50. The van der Waals surface area contributed by atoms with E-state index in [1.54, 1.807) is 6.33 Å². The number of hydrogen-bond donors (Lipinski definition) is 2. The minimum atomic E-state index is -0.262. The number of aromatic amines is 1. The van der Waals surface area contributed by atoms with E-state index in [1.165, 1.54) is 24.1 Å². The summed E-state index contributed by atoms with van der Waals surface area (Å²) in [5.41, 5.74) is 5.42. The van der Waals surface area contributed by atoms with Crippen LogP contribution in [0.5, 0.6) is 0 Å². The van der Waals surface area contributed by atoms with E-state index >= 15 is 0 Å². The van der Waals surface area contributed by atoms with Crippen LogP contribution in [-0.2, 0) is 24.2 Å². The third kappa shape index (κ3) is 2.92. The molecule has 0 fully saturated rings. The molecule has 25 heavy (non-hydrogen) atoms. The fourth-order valence-corrected chi connectivity index (χ4v) is 3.72. The number of rotatable bonds is 5. The van der Waals surface area contributed by atoms with Gasteiger partial charge in [-0.05, 0) is 49.8 Å². The summed E-state index contributed by atoms with van der Waals surface area (Å²) in [4.78, 5) is 17.2. The molecule has 0 saturated carbocycles. The van der Waals surface area contributed by atoms with Gasteiger partial charge in [0, 0.05) is 5.69 Å². The van der Waals surface area contributed by atoms with Gasteiger partial charge in [0.2, 0.25) is 5.91 Å². The molecule has 1 aliphatic rings. The van der Waals surface area contributed by atoms with E-state index in [-0.39, 0.29) is 11.9 Å². The van der Waals surface area contributed by atoms with Crippen molar-refractivity contribution >= 4 is 16.9 Å². The van der Waals surface area contributed by atoms with Gasteiger partial charge in [0.05, 0.1) is 29.6 Å². The molecule has 6 nitrogen and oxygen atoms in total. The highest BCUT2D eigenvalue weighted by molar-refractivity contribution is 5.83. The Morgan fingerprint density at radius 1 is 1.32 bits per heavy atom. The first-order valence-corrected chi connectivity index (χ1v) is 9.02. The van der Waals surface area contributed by atoms with Gasteiger partial charge in [0.25, 0.3) is 0 Å². The summed E-state index contributed by atoms with van der Waals surface area (Å²) < 4.78 is 1.96. The summed E-state index contributed by atoms with van der Waals surface area (Å²) >= 11 is 0. The number of imidazole rings is 1. The van der Waals surface area contributed by atoms with Crippen molar-refractivity contribution in [3.63, 3.8) is 0 Å². The van der Waals surface area contributed by atoms with Gasteiger partial charge in [0.1, 0.15) is 6.04 Å². The van der Waals surface area contributed by atoms with E-state index in [1.807, 2.05) is 35.8 Å². The van der Waals surface area contributed by atoms with Crippen molar-refractivity contribution < 1.29 is 4.79 Å². The zero-order valence-electron chi connectivity index (χ0n) is 14.5. The molecule has 1 amide bonds. The van der Waals surface area contributed by atoms with Gasteiger partial charge in [-0.25, -0.2) is 4.98 Å². The standard InChI is InChI=1S/C19H23N5O/c1-2-17(24-12-21-15-9-5-6-10-18(15)24)19(25)20-11-16-13-7-3-4-8-14(13)22-23-16/h5-6,9-10,12,17H,2-4,7-8,11H2,1H3,(H,20,25)(H,22,23). The van der Waals surface area contributed by atoms with Gasteiger partial charge in [-0.1, -0.05) is 19.1 Å². The van der Waals surface area contributed by atoms with Crippen LogP contribution in [-0.4, -0.2) is 25.7 Å². The van der Waals surface area contributed by atoms with Crippen molar-refractivity contribution in [1.29, 1.82) is 0 Å². The van der Waals surface area contributed by atoms with Crippen LogP contribution in [0.15, 0.2) is 30.6 Å². The van der Waals surface area contributed by atoms with E-state index in [0.29, 0.717) is 13.0 Å². The maximum atomic E-state index is 12.8. The number of benzene rings is 1. The van der Waals surface area contributed by atoms with Gasteiger partial charge < -0.3 is 9.88 Å². The van der Waals surface area contributed by atoms with Crippen molar-refractivity contribution in [2.24, 2.45) is 0 Å². The maximum Gasteiger partial charge on any atom is 0.243 e. The lowest BCUT2D eigenvalue weighted by atomic mass is 9.96. The molecule has 1 unspecified atom stereocenters. The van der Waals surface area contributed by atoms with Crippen LogP contribution in [0, 0.1) is 0 Å². The lowest BCUT2D eigenvalue weighted by Gasteiger charge is -2.17. The Kier molecular flexibility index (Phi) is 4.26. The number of aromatic nitrogens is 4. The third-order valence-corrected chi connectivity index (χ3v) is 5.08. The van der Waals surface area contributed by atoms with E-state index in [2.05, 4.69) is 20.5 Å². The van der Waals surface area contributed by atoms with Gasteiger partial charge >= 0.3 is 0 Å². The molecule has 0 aliphatic heterocycles. The van der Waals surface area contributed by atoms with Crippen LogP contribution < -0.4 is 5.32 Å².